The fraction of sp³-hybridized carbons (Fsp3) is 0.500. The van der Waals surface area contributed by atoms with Gasteiger partial charge < -0.3 is 16.0 Å². The first kappa shape index (κ1) is 14.9. The fourth-order valence-corrected chi connectivity index (χ4v) is 1.53. The van der Waals surface area contributed by atoms with Crippen LogP contribution in [0.25, 0.3) is 0 Å². The molecule has 0 saturated carbocycles. The van der Waals surface area contributed by atoms with Crippen molar-refractivity contribution < 1.29 is 9.59 Å². The molecule has 0 aliphatic rings. The molecule has 7 heteroatoms. The fourth-order valence-electron chi connectivity index (χ4n) is 1.53. The first-order valence-electron chi connectivity index (χ1n) is 6.10. The normalized spacial score (nSPS) is 10.3. The van der Waals surface area contributed by atoms with Crippen LogP contribution in [0.1, 0.15) is 31.3 Å². The second-order valence-corrected chi connectivity index (χ2v) is 4.33. The van der Waals surface area contributed by atoms with Crippen LogP contribution in [0.5, 0.6) is 0 Å². The lowest BCUT2D eigenvalue weighted by Crippen LogP contribution is -2.43. The molecular weight excluding hydrogens is 246 g/mol. The largest absolute Gasteiger partial charge is 0.382 e. The van der Waals surface area contributed by atoms with E-state index in [1.807, 2.05) is 13.8 Å². The van der Waals surface area contributed by atoms with E-state index in [2.05, 4.69) is 15.3 Å². The molecule has 0 aromatic carbocycles. The van der Waals surface area contributed by atoms with Gasteiger partial charge in [-0.25, -0.2) is 9.97 Å². The third kappa shape index (κ3) is 4.20. The van der Waals surface area contributed by atoms with Crippen molar-refractivity contribution in [1.29, 1.82) is 0 Å². The van der Waals surface area contributed by atoms with Crippen LogP contribution in [0.4, 0.5) is 5.82 Å². The first-order chi connectivity index (χ1) is 8.95. The summed E-state index contributed by atoms with van der Waals surface area (Å²) in [6, 6.07) is 0.0305. The maximum absolute atomic E-state index is 12.2. The number of hydrogen-bond acceptors (Lipinski definition) is 5. The number of amides is 2. The van der Waals surface area contributed by atoms with Gasteiger partial charge in [0.2, 0.25) is 5.91 Å². The molecule has 0 fully saturated rings. The number of nitrogens with two attached hydrogens (primary N) is 1. The number of rotatable bonds is 5. The lowest BCUT2D eigenvalue weighted by atomic mass is 10.3. The zero-order chi connectivity index (χ0) is 14.4. The highest BCUT2D eigenvalue weighted by Crippen LogP contribution is 2.07. The highest BCUT2D eigenvalue weighted by molar-refractivity contribution is 5.98. The van der Waals surface area contributed by atoms with Crippen LogP contribution in [0.2, 0.25) is 0 Å². The second-order valence-electron chi connectivity index (χ2n) is 4.33. The van der Waals surface area contributed by atoms with Gasteiger partial charge >= 0.3 is 0 Å². The van der Waals surface area contributed by atoms with Gasteiger partial charge in [0.15, 0.2) is 11.5 Å². The molecule has 7 nitrogen and oxygen atoms in total. The van der Waals surface area contributed by atoms with E-state index in [4.69, 9.17) is 5.73 Å². The molecule has 0 aliphatic heterocycles. The Morgan fingerprint density at radius 1 is 1.37 bits per heavy atom. The van der Waals surface area contributed by atoms with Crippen LogP contribution < -0.4 is 11.1 Å². The molecule has 1 aromatic heterocycles. The number of carbonyl (C=O) groups is 2. The van der Waals surface area contributed by atoms with Gasteiger partial charge in [-0.3, -0.25) is 9.59 Å². The SMILES string of the molecule is CCN(CC(=O)NC(C)C)C(=O)c1nccnc1N. The van der Waals surface area contributed by atoms with Crippen molar-refractivity contribution >= 4 is 17.6 Å². The van der Waals surface area contributed by atoms with Gasteiger partial charge in [0, 0.05) is 25.0 Å². The molecule has 0 aliphatic carbocycles. The Morgan fingerprint density at radius 3 is 2.53 bits per heavy atom. The van der Waals surface area contributed by atoms with Crippen molar-refractivity contribution in [2.75, 3.05) is 18.8 Å². The molecule has 2 amide bonds. The van der Waals surface area contributed by atoms with Gasteiger partial charge in [-0.2, -0.15) is 0 Å². The van der Waals surface area contributed by atoms with Crippen molar-refractivity contribution in [1.82, 2.24) is 20.2 Å². The van der Waals surface area contributed by atoms with Gasteiger partial charge in [0.1, 0.15) is 0 Å². The number of carbonyl (C=O) groups excluding carboxylic acids is 2. The lowest BCUT2D eigenvalue weighted by Gasteiger charge is -2.21. The molecule has 1 heterocycles. The summed E-state index contributed by atoms with van der Waals surface area (Å²) in [6.45, 7) is 5.87. The van der Waals surface area contributed by atoms with E-state index in [0.29, 0.717) is 6.54 Å². The third-order valence-electron chi connectivity index (χ3n) is 2.38. The van der Waals surface area contributed by atoms with Crippen LogP contribution in [-0.4, -0.2) is 45.8 Å². The Morgan fingerprint density at radius 2 is 2.00 bits per heavy atom. The number of nitrogens with zero attached hydrogens (tertiary/aromatic N) is 3. The molecule has 0 bridgehead atoms. The molecule has 3 N–H and O–H groups in total. The average Bonchev–Trinajstić information content (AvgIpc) is 2.35. The standard InChI is InChI=1S/C12H19N5O2/c1-4-17(7-9(18)16-8(2)3)12(19)10-11(13)15-6-5-14-10/h5-6,8H,4,7H2,1-3H3,(H2,13,15)(H,16,18). The van der Waals surface area contributed by atoms with Crippen molar-refractivity contribution in [3.8, 4) is 0 Å². The van der Waals surface area contributed by atoms with Gasteiger partial charge in [-0.1, -0.05) is 0 Å². The van der Waals surface area contributed by atoms with Gasteiger partial charge in [-0.05, 0) is 20.8 Å². The maximum atomic E-state index is 12.2. The van der Waals surface area contributed by atoms with Crippen LogP contribution in [0.3, 0.4) is 0 Å². The molecule has 104 valence electrons. The maximum Gasteiger partial charge on any atom is 0.276 e. The molecule has 1 rings (SSSR count). The zero-order valence-electron chi connectivity index (χ0n) is 11.4. The van der Waals surface area contributed by atoms with Crippen molar-refractivity contribution in [3.63, 3.8) is 0 Å². The Labute approximate surface area is 112 Å². The average molecular weight is 265 g/mol. The minimum atomic E-state index is -0.396. The van der Waals surface area contributed by atoms with E-state index in [0.717, 1.165) is 0 Å². The molecule has 0 atom stereocenters. The van der Waals surface area contributed by atoms with Gasteiger partial charge in [0.25, 0.3) is 5.91 Å². The van der Waals surface area contributed by atoms with Crippen molar-refractivity contribution in [3.05, 3.63) is 18.1 Å². The molecular formula is C12H19N5O2. The monoisotopic (exact) mass is 265 g/mol. The minimum absolute atomic E-state index is 0.0243. The van der Waals surface area contributed by atoms with Crippen LogP contribution >= 0.6 is 0 Å². The summed E-state index contributed by atoms with van der Waals surface area (Å²) in [5.74, 6) is -0.546. The second kappa shape index (κ2) is 6.67. The van der Waals surface area contributed by atoms with Crippen LogP contribution in [0, 0.1) is 0 Å². The van der Waals surface area contributed by atoms with E-state index in [-0.39, 0.29) is 30.0 Å². The van der Waals surface area contributed by atoms with E-state index >= 15 is 0 Å². The highest BCUT2D eigenvalue weighted by Gasteiger charge is 2.21. The molecule has 0 radical (unpaired) electrons. The van der Waals surface area contributed by atoms with Crippen molar-refractivity contribution in [2.24, 2.45) is 0 Å². The quantitative estimate of drug-likeness (QED) is 0.783. The lowest BCUT2D eigenvalue weighted by molar-refractivity contribution is -0.122. The van der Waals surface area contributed by atoms with E-state index in [1.165, 1.54) is 17.3 Å². The summed E-state index contributed by atoms with van der Waals surface area (Å²) in [7, 11) is 0. The van der Waals surface area contributed by atoms with Gasteiger partial charge in [0.05, 0.1) is 6.54 Å². The number of hydrogen-bond donors (Lipinski definition) is 2. The number of nitrogens with one attached hydrogen (secondary N) is 1. The van der Waals surface area contributed by atoms with Crippen LogP contribution in [0.15, 0.2) is 12.4 Å². The summed E-state index contributed by atoms with van der Waals surface area (Å²) in [6.07, 6.45) is 2.81. The third-order valence-corrected chi connectivity index (χ3v) is 2.38. The molecule has 0 unspecified atom stereocenters. The first-order valence-corrected chi connectivity index (χ1v) is 6.10. The van der Waals surface area contributed by atoms with Crippen molar-refractivity contribution in [2.45, 2.75) is 26.8 Å². The van der Waals surface area contributed by atoms with E-state index in [1.54, 1.807) is 6.92 Å². The number of anilines is 1. The van der Waals surface area contributed by atoms with Crippen LogP contribution in [-0.2, 0) is 4.79 Å². The summed E-state index contributed by atoms with van der Waals surface area (Å²) in [4.78, 5) is 32.9. The smallest absolute Gasteiger partial charge is 0.276 e. The molecule has 0 spiro atoms. The van der Waals surface area contributed by atoms with Gasteiger partial charge in [-0.15, -0.1) is 0 Å². The van der Waals surface area contributed by atoms with E-state index in [9.17, 15) is 9.59 Å². The Kier molecular flexibility index (Phi) is 5.23. The summed E-state index contributed by atoms with van der Waals surface area (Å²) in [5, 5.41) is 2.73. The Balaban J connectivity index is 2.78. The summed E-state index contributed by atoms with van der Waals surface area (Å²) in [5.41, 5.74) is 5.67. The minimum Gasteiger partial charge on any atom is -0.382 e. The molecule has 0 saturated heterocycles. The number of aromatic nitrogens is 2. The number of nitrogen functional groups attached to an aromatic ring is 1. The Bertz CT molecular complexity index is 461. The Hall–Kier alpha value is -2.18. The molecule has 1 aromatic rings. The highest BCUT2D eigenvalue weighted by atomic mass is 16.2. The number of likely N-dealkylation sites (N-methyl/N-ethyl adjacent to an activating group) is 1. The predicted molar refractivity (Wildman–Crippen MR) is 71.3 cm³/mol. The zero-order valence-corrected chi connectivity index (χ0v) is 11.4. The van der Waals surface area contributed by atoms with E-state index < -0.39 is 5.91 Å². The molecule has 19 heavy (non-hydrogen) atoms. The summed E-state index contributed by atoms with van der Waals surface area (Å²) >= 11 is 0. The topological polar surface area (TPSA) is 101 Å². The summed E-state index contributed by atoms with van der Waals surface area (Å²) < 4.78 is 0. The predicted octanol–water partition coefficient (Wildman–Crippen LogP) is 0.0455.